The highest BCUT2D eigenvalue weighted by Gasteiger charge is 2.18. The fourth-order valence-electron chi connectivity index (χ4n) is 6.52. The Morgan fingerprint density at radius 2 is 0.967 bits per heavy atom. The Hall–Kier alpha value is -3.71. The Bertz CT molecular complexity index is 1260. The average Bonchev–Trinajstić information content (AvgIpc) is 3.23. The molecule has 0 aromatic carbocycles. The van der Waals surface area contributed by atoms with Crippen molar-refractivity contribution in [1.82, 2.24) is 5.32 Å². The van der Waals surface area contributed by atoms with E-state index in [1.54, 1.807) is 0 Å². The highest BCUT2D eigenvalue weighted by molar-refractivity contribution is 5.83. The Kier molecular flexibility index (Phi) is 43.5. The maximum Gasteiger partial charge on any atom is 0.326 e. The predicted octanol–water partition coefficient (Wildman–Crippen LogP) is 14.2. The first-order valence-electron chi connectivity index (χ1n) is 24.1. The van der Waals surface area contributed by atoms with Crippen LogP contribution in [0, 0.1) is 0 Å². The minimum Gasteiger partial charge on any atom is -0.480 e. The Labute approximate surface area is 367 Å². The monoisotopic (exact) mass is 833 g/mol. The summed E-state index contributed by atoms with van der Waals surface area (Å²) in [5, 5.41) is 11.9. The highest BCUT2D eigenvalue weighted by atomic mass is 16.5. The summed E-state index contributed by atoms with van der Waals surface area (Å²) < 4.78 is 5.95. The molecule has 0 aliphatic rings. The molecular weight excluding hydrogens is 745 g/mol. The summed E-state index contributed by atoms with van der Waals surface area (Å²) in [4.78, 5) is 36.4. The molecule has 0 fully saturated rings. The molecule has 0 radical (unpaired) electrons. The SMILES string of the molecule is CC/C=C\C/C=C\C/C=C\C/C=C\C/C=C\CCCCCCCCCC(=O)OC(/C=C\C/C=C\C/C=C\CCCCC)CCCCCCCC(=O)NC(CCCN)C(=O)O. The van der Waals surface area contributed by atoms with Crippen LogP contribution in [0.25, 0.3) is 0 Å². The number of ether oxygens (including phenoxy) is 1. The van der Waals surface area contributed by atoms with E-state index < -0.39 is 12.0 Å². The normalized spacial score (nSPS) is 13.5. The number of unbranched alkanes of at least 4 members (excludes halogenated alkanes) is 14. The number of carboxylic acid groups (broad SMARTS) is 1. The van der Waals surface area contributed by atoms with Crippen LogP contribution in [0.4, 0.5) is 0 Å². The van der Waals surface area contributed by atoms with Gasteiger partial charge in [-0.3, -0.25) is 9.59 Å². The van der Waals surface area contributed by atoms with Crippen molar-refractivity contribution < 1.29 is 24.2 Å². The smallest absolute Gasteiger partial charge is 0.326 e. The van der Waals surface area contributed by atoms with Gasteiger partial charge in [0.25, 0.3) is 0 Å². The summed E-state index contributed by atoms with van der Waals surface area (Å²) in [5.74, 6) is -1.35. The molecule has 4 N–H and O–H groups in total. The van der Waals surface area contributed by atoms with Gasteiger partial charge in [0.05, 0.1) is 0 Å². The number of rotatable bonds is 42. The number of esters is 1. The van der Waals surface area contributed by atoms with E-state index in [0.717, 1.165) is 116 Å². The van der Waals surface area contributed by atoms with Gasteiger partial charge in [0, 0.05) is 12.8 Å². The molecule has 340 valence electrons. The summed E-state index contributed by atoms with van der Waals surface area (Å²) >= 11 is 0. The molecule has 0 aliphatic heterocycles. The lowest BCUT2D eigenvalue weighted by molar-refractivity contribution is -0.147. The lowest BCUT2D eigenvalue weighted by Crippen LogP contribution is -2.40. The number of carbonyl (C=O) groups excluding carboxylic acids is 2. The molecule has 0 bridgehead atoms. The van der Waals surface area contributed by atoms with Crippen molar-refractivity contribution in [3.8, 4) is 0 Å². The van der Waals surface area contributed by atoms with Crippen molar-refractivity contribution in [2.45, 2.75) is 212 Å². The first kappa shape index (κ1) is 56.3. The molecule has 0 aromatic heterocycles. The van der Waals surface area contributed by atoms with Gasteiger partial charge >= 0.3 is 11.9 Å². The number of carbonyl (C=O) groups is 3. The molecule has 2 unspecified atom stereocenters. The van der Waals surface area contributed by atoms with E-state index in [1.165, 1.54) is 44.9 Å². The van der Waals surface area contributed by atoms with E-state index in [1.807, 2.05) is 0 Å². The quantitative estimate of drug-likeness (QED) is 0.0320. The summed E-state index contributed by atoms with van der Waals surface area (Å²) in [6.07, 6.45) is 63.3. The summed E-state index contributed by atoms with van der Waals surface area (Å²) in [6, 6.07) is -0.872. The van der Waals surface area contributed by atoms with Gasteiger partial charge in [0.2, 0.25) is 5.91 Å². The van der Waals surface area contributed by atoms with Crippen LogP contribution in [-0.4, -0.2) is 41.6 Å². The average molecular weight is 833 g/mol. The Morgan fingerprint density at radius 3 is 1.48 bits per heavy atom. The third-order valence-electron chi connectivity index (χ3n) is 10.1. The van der Waals surface area contributed by atoms with E-state index in [0.29, 0.717) is 32.2 Å². The van der Waals surface area contributed by atoms with Crippen LogP contribution >= 0.6 is 0 Å². The van der Waals surface area contributed by atoms with Gasteiger partial charge in [-0.05, 0) is 122 Å². The minimum absolute atomic E-state index is 0.109. The number of hydrogen-bond donors (Lipinski definition) is 3. The second-order valence-corrected chi connectivity index (χ2v) is 15.8. The number of aliphatic carboxylic acids is 1. The molecule has 0 aromatic rings. The second kappa shape index (κ2) is 46.4. The number of nitrogens with two attached hydrogens (primary N) is 1. The molecule has 0 rings (SSSR count). The first-order valence-corrected chi connectivity index (χ1v) is 24.1. The van der Waals surface area contributed by atoms with Gasteiger partial charge in [-0.1, -0.05) is 169 Å². The maximum atomic E-state index is 12.8. The van der Waals surface area contributed by atoms with E-state index in [4.69, 9.17) is 10.5 Å². The van der Waals surface area contributed by atoms with E-state index >= 15 is 0 Å². The summed E-state index contributed by atoms with van der Waals surface area (Å²) in [5.41, 5.74) is 5.49. The molecule has 1 amide bonds. The van der Waals surface area contributed by atoms with Gasteiger partial charge < -0.3 is 20.9 Å². The van der Waals surface area contributed by atoms with Crippen molar-refractivity contribution in [2.24, 2.45) is 5.73 Å². The van der Waals surface area contributed by atoms with Gasteiger partial charge in [-0.15, -0.1) is 0 Å². The van der Waals surface area contributed by atoms with Crippen LogP contribution in [0.3, 0.4) is 0 Å². The zero-order valence-electron chi connectivity index (χ0n) is 38.3. The van der Waals surface area contributed by atoms with Crippen LogP contribution in [0.2, 0.25) is 0 Å². The summed E-state index contributed by atoms with van der Waals surface area (Å²) in [7, 11) is 0. The standard InChI is InChI=1S/C53H88N2O5/c1-3-5-7-9-11-13-15-16-17-18-19-20-21-22-23-24-25-26-28-30-32-37-41-47-52(57)60-49(43-38-34-31-29-27-14-12-10-8-6-4-2)44-39-35-33-36-40-46-51(56)55-50(53(58)59)45-42-48-54/h5,7,11-14,16-17,19-20,22-23,29,31,38,43,49-50H,3-4,6,8-10,15,18,21,24-28,30,32-37,39-42,44-48,54H2,1-2H3,(H,55,56)(H,58,59)/b7-5-,13-11-,14-12-,17-16-,20-19-,23-22-,31-29-,43-38-. The van der Waals surface area contributed by atoms with Gasteiger partial charge in [-0.25, -0.2) is 4.79 Å². The third kappa shape index (κ3) is 42.4. The van der Waals surface area contributed by atoms with Crippen LogP contribution in [0.5, 0.6) is 0 Å². The second-order valence-electron chi connectivity index (χ2n) is 15.8. The van der Waals surface area contributed by atoms with E-state index in [-0.39, 0.29) is 18.0 Å². The summed E-state index contributed by atoms with van der Waals surface area (Å²) in [6.45, 7) is 4.79. The van der Waals surface area contributed by atoms with Crippen molar-refractivity contribution in [1.29, 1.82) is 0 Å². The maximum absolute atomic E-state index is 12.8. The first-order chi connectivity index (χ1) is 29.4. The number of nitrogens with one attached hydrogen (secondary N) is 1. The third-order valence-corrected chi connectivity index (χ3v) is 10.1. The molecule has 0 saturated carbocycles. The number of allylic oxidation sites excluding steroid dienone is 15. The van der Waals surface area contributed by atoms with Crippen molar-refractivity contribution in [2.75, 3.05) is 6.54 Å². The van der Waals surface area contributed by atoms with Gasteiger partial charge in [0.1, 0.15) is 12.1 Å². The minimum atomic E-state index is -1.02. The zero-order valence-corrected chi connectivity index (χ0v) is 38.3. The largest absolute Gasteiger partial charge is 0.480 e. The predicted molar refractivity (Wildman–Crippen MR) is 257 cm³/mol. The molecule has 0 aliphatic carbocycles. The number of carboxylic acids is 1. The number of amides is 1. The molecule has 0 spiro atoms. The van der Waals surface area contributed by atoms with Crippen molar-refractivity contribution in [3.63, 3.8) is 0 Å². The molecule has 7 heteroatoms. The van der Waals surface area contributed by atoms with Crippen LogP contribution < -0.4 is 11.1 Å². The highest BCUT2D eigenvalue weighted by Crippen LogP contribution is 2.15. The van der Waals surface area contributed by atoms with Gasteiger partial charge in [-0.2, -0.15) is 0 Å². The topological polar surface area (TPSA) is 119 Å². The molecule has 60 heavy (non-hydrogen) atoms. The lowest BCUT2D eigenvalue weighted by Gasteiger charge is -2.15. The molecule has 0 saturated heterocycles. The molecule has 2 atom stereocenters. The molecular formula is C53H88N2O5. The van der Waals surface area contributed by atoms with Crippen LogP contribution in [0.1, 0.15) is 200 Å². The van der Waals surface area contributed by atoms with Crippen LogP contribution in [-0.2, 0) is 19.1 Å². The van der Waals surface area contributed by atoms with Crippen LogP contribution in [0.15, 0.2) is 97.2 Å². The zero-order chi connectivity index (χ0) is 43.8. The van der Waals surface area contributed by atoms with Crippen molar-refractivity contribution in [3.05, 3.63) is 97.2 Å². The fourth-order valence-corrected chi connectivity index (χ4v) is 6.52. The lowest BCUT2D eigenvalue weighted by atomic mass is 10.1. The molecule has 0 heterocycles. The molecule has 7 nitrogen and oxygen atoms in total. The van der Waals surface area contributed by atoms with Crippen molar-refractivity contribution >= 4 is 17.8 Å². The Morgan fingerprint density at radius 1 is 0.517 bits per heavy atom. The van der Waals surface area contributed by atoms with Gasteiger partial charge in [0.15, 0.2) is 0 Å². The number of hydrogen-bond acceptors (Lipinski definition) is 5. The fraction of sp³-hybridized carbons (Fsp3) is 0.642. The van der Waals surface area contributed by atoms with E-state index in [9.17, 15) is 19.5 Å². The Balaban J connectivity index is 4.34. The van der Waals surface area contributed by atoms with E-state index in [2.05, 4.69) is 116 Å².